The summed E-state index contributed by atoms with van der Waals surface area (Å²) in [5.74, 6) is 0.334. The van der Waals surface area contributed by atoms with Gasteiger partial charge >= 0.3 is 0 Å². The Morgan fingerprint density at radius 2 is 2.00 bits per heavy atom. The van der Waals surface area contributed by atoms with E-state index in [1.807, 2.05) is 0 Å². The minimum atomic E-state index is 0.148. The molecule has 1 amide bonds. The highest BCUT2D eigenvalue weighted by Crippen LogP contribution is 2.39. The molecule has 18 heavy (non-hydrogen) atoms. The number of nitrogens with one attached hydrogen (secondary N) is 1. The molecule has 3 rings (SSSR count). The van der Waals surface area contributed by atoms with Gasteiger partial charge in [-0.05, 0) is 33.2 Å². The second kappa shape index (κ2) is 4.49. The van der Waals surface area contributed by atoms with Crippen LogP contribution in [0.4, 0.5) is 0 Å². The highest BCUT2D eigenvalue weighted by Gasteiger charge is 2.49. The van der Waals surface area contributed by atoms with E-state index >= 15 is 0 Å². The first-order valence-corrected chi connectivity index (χ1v) is 7.36. The zero-order chi connectivity index (χ0) is 12.8. The number of amides is 1. The van der Waals surface area contributed by atoms with Crippen LogP contribution in [0.5, 0.6) is 0 Å². The van der Waals surface area contributed by atoms with E-state index in [-0.39, 0.29) is 6.04 Å². The molecule has 0 radical (unpaired) electrons. The summed E-state index contributed by atoms with van der Waals surface area (Å²) in [4.78, 5) is 16.6. The topological polar surface area (TPSA) is 45.5 Å². The second-order valence-electron chi connectivity index (χ2n) is 6.68. The van der Waals surface area contributed by atoms with Gasteiger partial charge in [0.15, 0.2) is 0 Å². The quantitative estimate of drug-likeness (QED) is 0.734. The summed E-state index contributed by atoms with van der Waals surface area (Å²) in [5.41, 5.74) is 0.408. The van der Waals surface area contributed by atoms with Crippen molar-refractivity contribution in [2.75, 3.05) is 32.7 Å². The van der Waals surface area contributed by atoms with Gasteiger partial charge < -0.3 is 15.1 Å². The SMILES string of the molecule is CC(C)N1CCCCC2(CN(C(=O)[C@@H]3CN3)C2)C1. The van der Waals surface area contributed by atoms with E-state index in [1.165, 1.54) is 32.4 Å². The zero-order valence-corrected chi connectivity index (χ0v) is 11.6. The molecule has 1 atom stereocenters. The standard InChI is InChI=1S/C14H25N3O/c1-11(2)16-6-4-3-5-14(8-16)9-17(10-14)13(18)12-7-15-12/h11-12,15H,3-10H2,1-2H3/t12-/m0/s1. The van der Waals surface area contributed by atoms with Crippen molar-refractivity contribution < 1.29 is 4.79 Å². The van der Waals surface area contributed by atoms with Gasteiger partial charge in [-0.3, -0.25) is 4.79 Å². The molecule has 4 heteroatoms. The first kappa shape index (κ1) is 12.4. The molecule has 1 spiro atoms. The molecule has 1 N–H and O–H groups in total. The van der Waals surface area contributed by atoms with Gasteiger partial charge in [-0.15, -0.1) is 0 Å². The Morgan fingerprint density at radius 1 is 1.28 bits per heavy atom. The molecule has 0 bridgehead atoms. The summed E-state index contributed by atoms with van der Waals surface area (Å²) < 4.78 is 0. The Morgan fingerprint density at radius 3 is 2.61 bits per heavy atom. The van der Waals surface area contributed by atoms with Crippen LogP contribution < -0.4 is 5.32 Å². The average Bonchev–Trinajstić information content (AvgIpc) is 3.11. The van der Waals surface area contributed by atoms with Gasteiger partial charge in [0, 0.05) is 37.6 Å². The first-order chi connectivity index (χ1) is 8.60. The highest BCUT2D eigenvalue weighted by molar-refractivity contribution is 5.85. The number of hydrogen-bond donors (Lipinski definition) is 1. The Kier molecular flexibility index (Phi) is 3.10. The van der Waals surface area contributed by atoms with E-state index < -0.39 is 0 Å². The third-order valence-corrected chi connectivity index (χ3v) is 4.74. The molecule has 0 aliphatic carbocycles. The van der Waals surface area contributed by atoms with Crippen LogP contribution in [0, 0.1) is 5.41 Å². The second-order valence-corrected chi connectivity index (χ2v) is 6.68. The maximum absolute atomic E-state index is 12.0. The van der Waals surface area contributed by atoms with Gasteiger partial charge in [0.25, 0.3) is 0 Å². The fraction of sp³-hybridized carbons (Fsp3) is 0.929. The molecular formula is C14H25N3O. The van der Waals surface area contributed by atoms with E-state index in [9.17, 15) is 4.79 Å². The van der Waals surface area contributed by atoms with Crippen molar-refractivity contribution in [1.82, 2.24) is 15.1 Å². The summed E-state index contributed by atoms with van der Waals surface area (Å²) in [6.45, 7) is 9.87. The third-order valence-electron chi connectivity index (χ3n) is 4.74. The summed E-state index contributed by atoms with van der Waals surface area (Å²) in [6, 6.07) is 0.782. The van der Waals surface area contributed by atoms with Gasteiger partial charge in [-0.25, -0.2) is 0 Å². The van der Waals surface area contributed by atoms with Crippen LogP contribution in [-0.4, -0.2) is 60.5 Å². The Hall–Kier alpha value is -0.610. The molecule has 0 unspecified atom stereocenters. The molecule has 3 aliphatic heterocycles. The molecule has 102 valence electrons. The molecule has 3 saturated heterocycles. The lowest BCUT2D eigenvalue weighted by Crippen LogP contribution is -2.63. The van der Waals surface area contributed by atoms with Crippen LogP contribution in [0.2, 0.25) is 0 Å². The summed E-state index contributed by atoms with van der Waals surface area (Å²) in [5, 5.41) is 3.11. The van der Waals surface area contributed by atoms with Gasteiger partial charge in [0.2, 0.25) is 5.91 Å². The van der Waals surface area contributed by atoms with E-state index in [1.54, 1.807) is 0 Å². The molecule has 0 aromatic heterocycles. The lowest BCUT2D eigenvalue weighted by atomic mass is 9.75. The third kappa shape index (κ3) is 2.28. The van der Waals surface area contributed by atoms with E-state index in [2.05, 4.69) is 29.0 Å². The molecule has 0 aromatic carbocycles. The molecule has 4 nitrogen and oxygen atoms in total. The van der Waals surface area contributed by atoms with Crippen molar-refractivity contribution in [2.24, 2.45) is 5.41 Å². The van der Waals surface area contributed by atoms with Crippen LogP contribution in [0.3, 0.4) is 0 Å². The maximum atomic E-state index is 12.0. The summed E-state index contributed by atoms with van der Waals surface area (Å²) >= 11 is 0. The highest BCUT2D eigenvalue weighted by atomic mass is 16.2. The lowest BCUT2D eigenvalue weighted by molar-refractivity contribution is -0.144. The van der Waals surface area contributed by atoms with E-state index in [4.69, 9.17) is 0 Å². The molecule has 3 fully saturated rings. The normalized spacial score (nSPS) is 31.3. The summed E-state index contributed by atoms with van der Waals surface area (Å²) in [7, 11) is 0. The van der Waals surface area contributed by atoms with Crippen LogP contribution in [-0.2, 0) is 4.79 Å². The fourth-order valence-corrected chi connectivity index (χ4v) is 3.48. The maximum Gasteiger partial charge on any atom is 0.241 e. The van der Waals surface area contributed by atoms with Gasteiger partial charge in [0.1, 0.15) is 0 Å². The smallest absolute Gasteiger partial charge is 0.241 e. The number of rotatable bonds is 2. The number of carbonyl (C=O) groups excluding carboxylic acids is 1. The van der Waals surface area contributed by atoms with Gasteiger partial charge in [-0.2, -0.15) is 0 Å². The summed E-state index contributed by atoms with van der Waals surface area (Å²) in [6.07, 6.45) is 3.95. The lowest BCUT2D eigenvalue weighted by Gasteiger charge is -2.52. The van der Waals surface area contributed by atoms with Crippen LogP contribution in [0.25, 0.3) is 0 Å². The van der Waals surface area contributed by atoms with Crippen LogP contribution in [0.15, 0.2) is 0 Å². The number of likely N-dealkylation sites (tertiary alicyclic amines) is 2. The molecule has 3 aliphatic rings. The van der Waals surface area contributed by atoms with E-state index in [0.29, 0.717) is 17.4 Å². The van der Waals surface area contributed by atoms with Crippen molar-refractivity contribution in [3.8, 4) is 0 Å². The van der Waals surface area contributed by atoms with Crippen molar-refractivity contribution in [3.63, 3.8) is 0 Å². The molecule has 0 saturated carbocycles. The monoisotopic (exact) mass is 251 g/mol. The van der Waals surface area contributed by atoms with Crippen LogP contribution in [0.1, 0.15) is 33.1 Å². The number of carbonyl (C=O) groups is 1. The Bertz CT molecular complexity index is 332. The Balaban J connectivity index is 1.59. The molecular weight excluding hydrogens is 226 g/mol. The van der Waals surface area contributed by atoms with Crippen molar-refractivity contribution in [3.05, 3.63) is 0 Å². The van der Waals surface area contributed by atoms with Crippen molar-refractivity contribution in [1.29, 1.82) is 0 Å². The van der Waals surface area contributed by atoms with Crippen molar-refractivity contribution >= 4 is 5.91 Å². The van der Waals surface area contributed by atoms with E-state index in [0.717, 1.165) is 19.6 Å². The van der Waals surface area contributed by atoms with Crippen LogP contribution >= 0.6 is 0 Å². The molecule has 3 heterocycles. The predicted octanol–water partition coefficient (Wildman–Crippen LogP) is 0.681. The fourth-order valence-electron chi connectivity index (χ4n) is 3.48. The number of hydrogen-bond acceptors (Lipinski definition) is 3. The van der Waals surface area contributed by atoms with Gasteiger partial charge in [-0.1, -0.05) is 6.42 Å². The Labute approximate surface area is 110 Å². The number of nitrogens with zero attached hydrogens (tertiary/aromatic N) is 2. The predicted molar refractivity (Wildman–Crippen MR) is 71.4 cm³/mol. The first-order valence-electron chi connectivity index (χ1n) is 7.36. The minimum absolute atomic E-state index is 0.148. The van der Waals surface area contributed by atoms with Gasteiger partial charge in [0.05, 0.1) is 6.04 Å². The zero-order valence-electron chi connectivity index (χ0n) is 11.6. The minimum Gasteiger partial charge on any atom is -0.340 e. The molecule has 0 aromatic rings. The van der Waals surface area contributed by atoms with Crippen molar-refractivity contribution in [2.45, 2.75) is 45.2 Å². The average molecular weight is 251 g/mol. The largest absolute Gasteiger partial charge is 0.340 e.